The van der Waals surface area contributed by atoms with Gasteiger partial charge in [-0.15, -0.1) is 0 Å². The van der Waals surface area contributed by atoms with E-state index in [1.807, 2.05) is 6.07 Å². The average Bonchev–Trinajstić information content (AvgIpc) is 2.40. The highest BCUT2D eigenvalue weighted by Crippen LogP contribution is 2.26. The van der Waals surface area contributed by atoms with Crippen LogP contribution in [0.25, 0.3) is 0 Å². The Morgan fingerprint density at radius 2 is 2.05 bits per heavy atom. The summed E-state index contributed by atoms with van der Waals surface area (Å²) in [6.07, 6.45) is 0. The molecular weight excluding hydrogens is 284 g/mol. The maximum atomic E-state index is 10.8. The first kappa shape index (κ1) is 16.3. The Kier molecular flexibility index (Phi) is 7.20. The van der Waals surface area contributed by atoms with Crippen LogP contribution in [0.1, 0.15) is 19.4 Å². The summed E-state index contributed by atoms with van der Waals surface area (Å²) >= 11 is 7.56. The second-order valence-electron chi connectivity index (χ2n) is 4.12. The van der Waals surface area contributed by atoms with E-state index in [2.05, 4.69) is 18.7 Å². The predicted octanol–water partition coefficient (Wildman–Crippen LogP) is 3.82. The first-order valence-electron chi connectivity index (χ1n) is 6.31. The monoisotopic (exact) mass is 302 g/mol. The van der Waals surface area contributed by atoms with Crippen LogP contribution in [0.15, 0.2) is 18.2 Å². The van der Waals surface area contributed by atoms with Gasteiger partial charge in [-0.2, -0.15) is 11.8 Å². The predicted molar refractivity (Wildman–Crippen MR) is 82.1 cm³/mol. The molecule has 0 fully saturated rings. The van der Waals surface area contributed by atoms with Gasteiger partial charge in [-0.25, -0.2) is 0 Å². The fourth-order valence-electron chi connectivity index (χ4n) is 1.71. The minimum atomic E-state index is -0.438. The molecule has 1 aromatic carbocycles. The molecule has 0 unspecified atom stereocenters. The fourth-order valence-corrected chi connectivity index (χ4v) is 2.84. The molecule has 0 heterocycles. The van der Waals surface area contributed by atoms with Crippen LogP contribution in [0.2, 0.25) is 5.02 Å². The lowest BCUT2D eigenvalue weighted by atomic mass is 10.2. The molecular formula is C13H19ClN2O2S. The van der Waals surface area contributed by atoms with Crippen LogP contribution >= 0.6 is 23.4 Å². The quantitative estimate of drug-likeness (QED) is 0.416. The normalized spacial score (nSPS) is 10.9. The van der Waals surface area contributed by atoms with Crippen molar-refractivity contribution in [2.24, 2.45) is 0 Å². The van der Waals surface area contributed by atoms with Crippen molar-refractivity contribution in [2.75, 3.05) is 25.4 Å². The van der Waals surface area contributed by atoms with Crippen molar-refractivity contribution in [1.29, 1.82) is 0 Å². The SMILES string of the molecule is CCN(CC)CCSCc1ccc(Cl)c([N+](=O)[O-])c1. The van der Waals surface area contributed by atoms with Gasteiger partial charge in [0.25, 0.3) is 5.69 Å². The molecule has 0 aliphatic carbocycles. The van der Waals surface area contributed by atoms with E-state index < -0.39 is 4.92 Å². The number of hydrogen-bond donors (Lipinski definition) is 0. The molecule has 0 radical (unpaired) electrons. The molecule has 1 rings (SSSR count). The summed E-state index contributed by atoms with van der Waals surface area (Å²) in [4.78, 5) is 12.7. The van der Waals surface area contributed by atoms with Crippen LogP contribution in [-0.4, -0.2) is 35.2 Å². The number of nitro benzene ring substituents is 1. The second-order valence-corrected chi connectivity index (χ2v) is 5.63. The highest BCUT2D eigenvalue weighted by Gasteiger charge is 2.12. The van der Waals surface area contributed by atoms with E-state index in [1.54, 1.807) is 23.9 Å². The summed E-state index contributed by atoms with van der Waals surface area (Å²) in [6.45, 7) is 7.47. The molecule has 0 amide bonds. The fraction of sp³-hybridized carbons (Fsp3) is 0.538. The largest absolute Gasteiger partial charge is 0.303 e. The molecule has 0 saturated heterocycles. The van der Waals surface area contributed by atoms with Gasteiger partial charge < -0.3 is 4.90 Å². The number of benzene rings is 1. The molecule has 0 aliphatic rings. The van der Waals surface area contributed by atoms with Crippen molar-refractivity contribution < 1.29 is 4.92 Å². The van der Waals surface area contributed by atoms with Gasteiger partial charge in [-0.05, 0) is 24.7 Å². The number of hydrogen-bond acceptors (Lipinski definition) is 4. The molecule has 0 spiro atoms. The molecule has 1 aromatic rings. The molecule has 0 atom stereocenters. The van der Waals surface area contributed by atoms with Crippen LogP contribution < -0.4 is 0 Å². The molecule has 0 N–H and O–H groups in total. The number of nitro groups is 1. The average molecular weight is 303 g/mol. The topological polar surface area (TPSA) is 46.4 Å². The van der Waals surface area contributed by atoms with E-state index in [0.717, 1.165) is 36.7 Å². The van der Waals surface area contributed by atoms with E-state index in [-0.39, 0.29) is 10.7 Å². The van der Waals surface area contributed by atoms with E-state index in [1.165, 1.54) is 0 Å². The van der Waals surface area contributed by atoms with Crippen LogP contribution in [0.5, 0.6) is 0 Å². The zero-order valence-electron chi connectivity index (χ0n) is 11.3. The third kappa shape index (κ3) is 5.38. The van der Waals surface area contributed by atoms with E-state index in [4.69, 9.17) is 11.6 Å². The third-order valence-corrected chi connectivity index (χ3v) is 4.25. The Labute approximate surface area is 123 Å². The van der Waals surface area contributed by atoms with Crippen molar-refractivity contribution in [2.45, 2.75) is 19.6 Å². The highest BCUT2D eigenvalue weighted by atomic mass is 35.5. The summed E-state index contributed by atoms with van der Waals surface area (Å²) in [5.41, 5.74) is 0.934. The van der Waals surface area contributed by atoms with Gasteiger partial charge in [0.2, 0.25) is 0 Å². The second kappa shape index (κ2) is 8.40. The lowest BCUT2D eigenvalue weighted by Crippen LogP contribution is -2.25. The van der Waals surface area contributed by atoms with Gasteiger partial charge in [0.1, 0.15) is 5.02 Å². The summed E-state index contributed by atoms with van der Waals surface area (Å²) in [6, 6.07) is 5.01. The van der Waals surface area contributed by atoms with Gasteiger partial charge in [-0.3, -0.25) is 10.1 Å². The third-order valence-electron chi connectivity index (χ3n) is 2.92. The number of rotatable bonds is 8. The molecule has 0 aromatic heterocycles. The molecule has 4 nitrogen and oxygen atoms in total. The lowest BCUT2D eigenvalue weighted by Gasteiger charge is -2.17. The number of nitrogens with zero attached hydrogens (tertiary/aromatic N) is 2. The van der Waals surface area contributed by atoms with E-state index in [0.29, 0.717) is 0 Å². The Morgan fingerprint density at radius 1 is 1.37 bits per heavy atom. The summed E-state index contributed by atoms with van der Waals surface area (Å²) < 4.78 is 0. The van der Waals surface area contributed by atoms with Gasteiger partial charge in [0.05, 0.1) is 4.92 Å². The molecule has 6 heteroatoms. The van der Waals surface area contributed by atoms with Crippen molar-refractivity contribution in [1.82, 2.24) is 4.90 Å². The zero-order valence-corrected chi connectivity index (χ0v) is 12.8. The number of thioether (sulfide) groups is 1. The summed E-state index contributed by atoms with van der Waals surface area (Å²) in [5, 5.41) is 11.0. The Morgan fingerprint density at radius 3 is 2.63 bits per heavy atom. The Balaban J connectivity index is 2.46. The van der Waals surface area contributed by atoms with Crippen LogP contribution in [0.3, 0.4) is 0 Å². The summed E-state index contributed by atoms with van der Waals surface area (Å²) in [7, 11) is 0. The molecule has 19 heavy (non-hydrogen) atoms. The molecule has 106 valence electrons. The lowest BCUT2D eigenvalue weighted by molar-refractivity contribution is -0.384. The first-order chi connectivity index (χ1) is 9.08. The van der Waals surface area contributed by atoms with Crippen molar-refractivity contribution >= 4 is 29.1 Å². The van der Waals surface area contributed by atoms with Crippen molar-refractivity contribution in [3.63, 3.8) is 0 Å². The Bertz CT molecular complexity index is 425. The minimum Gasteiger partial charge on any atom is -0.303 e. The van der Waals surface area contributed by atoms with Gasteiger partial charge in [0.15, 0.2) is 0 Å². The van der Waals surface area contributed by atoms with Crippen LogP contribution in [0, 0.1) is 10.1 Å². The standard InChI is InChI=1S/C13H19ClN2O2S/c1-3-15(4-2)7-8-19-10-11-5-6-12(14)13(9-11)16(17)18/h5-6,9H,3-4,7-8,10H2,1-2H3. The maximum absolute atomic E-state index is 10.8. The van der Waals surface area contributed by atoms with Gasteiger partial charge in [-0.1, -0.05) is 31.5 Å². The molecule has 0 aliphatic heterocycles. The van der Waals surface area contributed by atoms with E-state index in [9.17, 15) is 10.1 Å². The van der Waals surface area contributed by atoms with Crippen LogP contribution in [0.4, 0.5) is 5.69 Å². The number of halogens is 1. The zero-order chi connectivity index (χ0) is 14.3. The summed E-state index contributed by atoms with van der Waals surface area (Å²) in [5.74, 6) is 1.80. The van der Waals surface area contributed by atoms with Crippen LogP contribution in [-0.2, 0) is 5.75 Å². The van der Waals surface area contributed by atoms with Crippen molar-refractivity contribution in [3.05, 3.63) is 38.9 Å². The van der Waals surface area contributed by atoms with E-state index >= 15 is 0 Å². The highest BCUT2D eigenvalue weighted by molar-refractivity contribution is 7.98. The minimum absolute atomic E-state index is 0.0106. The van der Waals surface area contributed by atoms with Gasteiger partial charge in [0, 0.05) is 24.1 Å². The maximum Gasteiger partial charge on any atom is 0.288 e. The first-order valence-corrected chi connectivity index (χ1v) is 7.84. The molecule has 0 saturated carbocycles. The Hall–Kier alpha value is -0.780. The van der Waals surface area contributed by atoms with Crippen molar-refractivity contribution in [3.8, 4) is 0 Å². The van der Waals surface area contributed by atoms with Gasteiger partial charge >= 0.3 is 0 Å². The molecule has 0 bridgehead atoms. The smallest absolute Gasteiger partial charge is 0.288 e.